The molecule has 4 nitrogen and oxygen atoms in total. The SMILES string of the molecule is Cc1ccc(Cn2cccnc2=O)o1. The zero-order valence-electron chi connectivity index (χ0n) is 7.80. The fourth-order valence-corrected chi connectivity index (χ4v) is 1.25. The smallest absolute Gasteiger partial charge is 0.347 e. The summed E-state index contributed by atoms with van der Waals surface area (Å²) < 4.78 is 6.85. The van der Waals surface area contributed by atoms with Crippen LogP contribution in [0.15, 0.2) is 39.8 Å². The maximum atomic E-state index is 11.2. The highest BCUT2D eigenvalue weighted by atomic mass is 16.3. The molecule has 2 aromatic heterocycles. The summed E-state index contributed by atoms with van der Waals surface area (Å²) >= 11 is 0. The molecule has 0 aliphatic heterocycles. The Morgan fingerprint density at radius 2 is 2.36 bits per heavy atom. The molecule has 2 heterocycles. The Morgan fingerprint density at radius 1 is 1.50 bits per heavy atom. The quantitative estimate of drug-likeness (QED) is 0.714. The third-order valence-electron chi connectivity index (χ3n) is 1.90. The summed E-state index contributed by atoms with van der Waals surface area (Å²) in [7, 11) is 0. The van der Waals surface area contributed by atoms with E-state index in [2.05, 4.69) is 4.98 Å². The Bertz CT molecular complexity index is 485. The van der Waals surface area contributed by atoms with Crippen LogP contribution in [-0.4, -0.2) is 9.55 Å². The highest BCUT2D eigenvalue weighted by molar-refractivity contribution is 5.06. The first-order chi connectivity index (χ1) is 6.75. The molecule has 4 heteroatoms. The van der Waals surface area contributed by atoms with Crippen LogP contribution in [0.1, 0.15) is 11.5 Å². The van der Waals surface area contributed by atoms with Crippen molar-refractivity contribution in [3.63, 3.8) is 0 Å². The van der Waals surface area contributed by atoms with E-state index in [0.717, 1.165) is 11.5 Å². The standard InChI is InChI=1S/C10H10N2O2/c1-8-3-4-9(14-8)7-12-6-2-5-11-10(12)13/h2-6H,7H2,1H3. The van der Waals surface area contributed by atoms with Crippen LogP contribution in [0, 0.1) is 6.92 Å². The number of aryl methyl sites for hydroxylation is 1. The number of hydrogen-bond donors (Lipinski definition) is 0. The highest BCUT2D eigenvalue weighted by Crippen LogP contribution is 2.06. The summed E-state index contributed by atoms with van der Waals surface area (Å²) in [6.45, 7) is 2.30. The molecule has 0 atom stereocenters. The molecule has 2 rings (SSSR count). The van der Waals surface area contributed by atoms with E-state index in [0.29, 0.717) is 6.54 Å². The molecule has 0 unspecified atom stereocenters. The molecule has 0 radical (unpaired) electrons. The molecule has 0 saturated heterocycles. The van der Waals surface area contributed by atoms with Crippen molar-refractivity contribution >= 4 is 0 Å². The number of furan rings is 1. The van der Waals surface area contributed by atoms with Crippen LogP contribution >= 0.6 is 0 Å². The van der Waals surface area contributed by atoms with Gasteiger partial charge in [-0.25, -0.2) is 9.78 Å². The van der Waals surface area contributed by atoms with Crippen molar-refractivity contribution in [2.24, 2.45) is 0 Å². The second-order valence-electron chi connectivity index (χ2n) is 3.04. The van der Waals surface area contributed by atoms with Crippen LogP contribution in [0.4, 0.5) is 0 Å². The number of aromatic nitrogens is 2. The van der Waals surface area contributed by atoms with Crippen molar-refractivity contribution in [1.82, 2.24) is 9.55 Å². The third-order valence-corrected chi connectivity index (χ3v) is 1.90. The van der Waals surface area contributed by atoms with Gasteiger partial charge in [-0.05, 0) is 25.1 Å². The van der Waals surface area contributed by atoms with Crippen LogP contribution in [-0.2, 0) is 6.54 Å². The molecule has 0 amide bonds. The first kappa shape index (κ1) is 8.74. The normalized spacial score (nSPS) is 10.4. The van der Waals surface area contributed by atoms with Crippen LogP contribution in [0.5, 0.6) is 0 Å². The van der Waals surface area contributed by atoms with Crippen LogP contribution < -0.4 is 5.69 Å². The van der Waals surface area contributed by atoms with Gasteiger partial charge in [0.1, 0.15) is 11.5 Å². The number of rotatable bonds is 2. The average Bonchev–Trinajstić information content (AvgIpc) is 2.56. The van der Waals surface area contributed by atoms with E-state index >= 15 is 0 Å². The van der Waals surface area contributed by atoms with Crippen molar-refractivity contribution in [3.05, 3.63) is 52.6 Å². The van der Waals surface area contributed by atoms with Crippen molar-refractivity contribution in [2.45, 2.75) is 13.5 Å². The molecule has 14 heavy (non-hydrogen) atoms. The predicted octanol–water partition coefficient (Wildman–Crippen LogP) is 1.19. The summed E-state index contributed by atoms with van der Waals surface area (Å²) in [5, 5.41) is 0. The maximum absolute atomic E-state index is 11.2. The largest absolute Gasteiger partial charge is 0.464 e. The van der Waals surface area contributed by atoms with Crippen molar-refractivity contribution in [2.75, 3.05) is 0 Å². The fraction of sp³-hybridized carbons (Fsp3) is 0.200. The lowest BCUT2D eigenvalue weighted by Crippen LogP contribution is -2.21. The van der Waals surface area contributed by atoms with Crippen LogP contribution in [0.3, 0.4) is 0 Å². The fourth-order valence-electron chi connectivity index (χ4n) is 1.25. The molecule has 0 bridgehead atoms. The molecule has 0 fully saturated rings. The Kier molecular flexibility index (Phi) is 2.18. The van der Waals surface area contributed by atoms with Gasteiger partial charge in [-0.3, -0.25) is 4.57 Å². The molecule has 2 aromatic rings. The van der Waals surface area contributed by atoms with E-state index in [-0.39, 0.29) is 5.69 Å². The van der Waals surface area contributed by atoms with Gasteiger partial charge in [0.25, 0.3) is 0 Å². The van der Waals surface area contributed by atoms with Crippen molar-refractivity contribution < 1.29 is 4.42 Å². The van der Waals surface area contributed by atoms with Gasteiger partial charge in [-0.2, -0.15) is 0 Å². The molecule has 0 aliphatic rings. The Balaban J connectivity index is 2.27. The zero-order chi connectivity index (χ0) is 9.97. The van der Waals surface area contributed by atoms with Crippen molar-refractivity contribution in [1.29, 1.82) is 0 Å². The van der Waals surface area contributed by atoms with Crippen LogP contribution in [0.2, 0.25) is 0 Å². The van der Waals surface area contributed by atoms with E-state index in [1.54, 1.807) is 12.3 Å². The van der Waals surface area contributed by atoms with E-state index in [4.69, 9.17) is 4.42 Å². The van der Waals surface area contributed by atoms with Gasteiger partial charge in [0, 0.05) is 12.4 Å². The molecule has 0 spiro atoms. The lowest BCUT2D eigenvalue weighted by molar-refractivity contribution is 0.465. The summed E-state index contributed by atoms with van der Waals surface area (Å²) in [5.41, 5.74) is -0.262. The topological polar surface area (TPSA) is 48.0 Å². The summed E-state index contributed by atoms with van der Waals surface area (Å²) in [6, 6.07) is 5.45. The van der Waals surface area contributed by atoms with Gasteiger partial charge in [0.05, 0.1) is 6.54 Å². The Morgan fingerprint density at radius 3 is 3.00 bits per heavy atom. The Labute approximate surface area is 80.8 Å². The molecule has 0 saturated carbocycles. The van der Waals surface area contributed by atoms with Crippen LogP contribution in [0.25, 0.3) is 0 Å². The van der Waals surface area contributed by atoms with Gasteiger partial charge in [-0.15, -0.1) is 0 Å². The summed E-state index contributed by atoms with van der Waals surface area (Å²) in [4.78, 5) is 14.9. The predicted molar refractivity (Wildman–Crippen MR) is 51.0 cm³/mol. The summed E-state index contributed by atoms with van der Waals surface area (Å²) in [6.07, 6.45) is 3.17. The molecular formula is C10H10N2O2. The second-order valence-corrected chi connectivity index (χ2v) is 3.04. The minimum absolute atomic E-state index is 0.262. The van der Waals surface area contributed by atoms with E-state index in [1.165, 1.54) is 10.8 Å². The van der Waals surface area contributed by atoms with Gasteiger partial charge < -0.3 is 4.42 Å². The van der Waals surface area contributed by atoms with E-state index < -0.39 is 0 Å². The molecule has 0 N–H and O–H groups in total. The minimum atomic E-state index is -0.262. The number of hydrogen-bond acceptors (Lipinski definition) is 3. The third kappa shape index (κ3) is 1.74. The van der Waals surface area contributed by atoms with Crippen molar-refractivity contribution in [3.8, 4) is 0 Å². The molecule has 72 valence electrons. The van der Waals surface area contributed by atoms with Gasteiger partial charge in [0.2, 0.25) is 0 Å². The number of nitrogens with zero attached hydrogens (tertiary/aromatic N) is 2. The molecular weight excluding hydrogens is 180 g/mol. The summed E-state index contributed by atoms with van der Waals surface area (Å²) in [5.74, 6) is 1.61. The van der Waals surface area contributed by atoms with Gasteiger partial charge >= 0.3 is 5.69 Å². The van der Waals surface area contributed by atoms with E-state index in [1.807, 2.05) is 19.1 Å². The maximum Gasteiger partial charge on any atom is 0.347 e. The lowest BCUT2D eigenvalue weighted by Gasteiger charge is -2.00. The first-order valence-corrected chi connectivity index (χ1v) is 4.32. The zero-order valence-corrected chi connectivity index (χ0v) is 7.80. The minimum Gasteiger partial charge on any atom is -0.464 e. The monoisotopic (exact) mass is 190 g/mol. The molecule has 0 aromatic carbocycles. The van der Waals surface area contributed by atoms with Gasteiger partial charge in [-0.1, -0.05) is 0 Å². The molecule has 0 aliphatic carbocycles. The Hall–Kier alpha value is -1.84. The lowest BCUT2D eigenvalue weighted by atomic mass is 10.4. The van der Waals surface area contributed by atoms with Gasteiger partial charge in [0.15, 0.2) is 0 Å². The first-order valence-electron chi connectivity index (χ1n) is 4.32. The highest BCUT2D eigenvalue weighted by Gasteiger charge is 2.00. The van der Waals surface area contributed by atoms with E-state index in [9.17, 15) is 4.79 Å². The second kappa shape index (κ2) is 3.49. The average molecular weight is 190 g/mol.